The first-order chi connectivity index (χ1) is 8.27. The van der Waals surface area contributed by atoms with Crippen LogP contribution in [0, 0.1) is 11.3 Å². The molecule has 0 unspecified atom stereocenters. The number of aromatic nitrogens is 2. The highest BCUT2D eigenvalue weighted by Gasteiger charge is 2.12. The van der Waals surface area contributed by atoms with Crippen LogP contribution in [-0.4, -0.2) is 16.6 Å². The van der Waals surface area contributed by atoms with Gasteiger partial charge in [0.05, 0.1) is 10.7 Å². The van der Waals surface area contributed by atoms with Crippen LogP contribution in [0.3, 0.4) is 0 Å². The molecule has 0 amide bonds. The van der Waals surface area contributed by atoms with Crippen molar-refractivity contribution in [2.24, 2.45) is 0 Å². The Labute approximate surface area is 104 Å². The summed E-state index contributed by atoms with van der Waals surface area (Å²) < 4.78 is 1.70. The first-order valence-corrected chi connectivity index (χ1v) is 5.51. The SMILES string of the molecule is CNCc1cccc(Cl)c1-n1ccnc1C#N. The third kappa shape index (κ3) is 2.16. The fourth-order valence-electron chi connectivity index (χ4n) is 1.73. The van der Waals surface area contributed by atoms with Crippen LogP contribution in [0.4, 0.5) is 0 Å². The number of para-hydroxylation sites is 1. The topological polar surface area (TPSA) is 53.6 Å². The average molecular weight is 247 g/mol. The van der Waals surface area contributed by atoms with E-state index in [1.54, 1.807) is 23.0 Å². The average Bonchev–Trinajstić information content (AvgIpc) is 2.77. The third-order valence-electron chi connectivity index (χ3n) is 2.42. The van der Waals surface area contributed by atoms with E-state index in [0.717, 1.165) is 11.3 Å². The zero-order chi connectivity index (χ0) is 12.3. The normalized spacial score (nSPS) is 10.2. The van der Waals surface area contributed by atoms with Crippen LogP contribution >= 0.6 is 11.6 Å². The smallest absolute Gasteiger partial charge is 0.217 e. The van der Waals surface area contributed by atoms with Gasteiger partial charge in [-0.3, -0.25) is 4.57 Å². The molecule has 0 aliphatic rings. The standard InChI is InChI=1S/C12H11ClN4/c1-15-8-9-3-2-4-10(13)12(9)17-6-5-16-11(17)7-14/h2-6,15H,8H2,1H3. The lowest BCUT2D eigenvalue weighted by molar-refractivity contribution is 0.806. The molecule has 0 aliphatic carbocycles. The number of rotatable bonds is 3. The van der Waals surface area contributed by atoms with Gasteiger partial charge < -0.3 is 5.32 Å². The molecular weight excluding hydrogens is 236 g/mol. The number of hydrogen-bond donors (Lipinski definition) is 1. The van der Waals surface area contributed by atoms with E-state index in [2.05, 4.69) is 10.3 Å². The van der Waals surface area contributed by atoms with Crippen LogP contribution in [0.15, 0.2) is 30.6 Å². The fraction of sp³-hybridized carbons (Fsp3) is 0.167. The minimum Gasteiger partial charge on any atom is -0.316 e. The van der Waals surface area contributed by atoms with Crippen molar-refractivity contribution >= 4 is 11.6 Å². The predicted octanol–water partition coefficient (Wildman–Crippen LogP) is 2.12. The van der Waals surface area contributed by atoms with Crippen molar-refractivity contribution in [1.82, 2.24) is 14.9 Å². The number of imidazole rings is 1. The Bertz CT molecular complexity index is 568. The molecule has 2 rings (SSSR count). The summed E-state index contributed by atoms with van der Waals surface area (Å²) in [4.78, 5) is 3.98. The van der Waals surface area contributed by atoms with E-state index in [1.807, 2.05) is 25.2 Å². The van der Waals surface area contributed by atoms with Crippen molar-refractivity contribution in [2.45, 2.75) is 6.54 Å². The first kappa shape index (κ1) is 11.6. The maximum Gasteiger partial charge on any atom is 0.217 e. The largest absolute Gasteiger partial charge is 0.316 e. The van der Waals surface area contributed by atoms with Gasteiger partial charge in [0.1, 0.15) is 6.07 Å². The van der Waals surface area contributed by atoms with Gasteiger partial charge in [0.2, 0.25) is 5.82 Å². The summed E-state index contributed by atoms with van der Waals surface area (Å²) in [6.07, 6.45) is 3.32. The van der Waals surface area contributed by atoms with Crippen molar-refractivity contribution in [2.75, 3.05) is 7.05 Å². The molecule has 5 heteroatoms. The molecule has 1 heterocycles. The lowest BCUT2D eigenvalue weighted by Crippen LogP contribution is -2.10. The van der Waals surface area contributed by atoms with E-state index in [9.17, 15) is 0 Å². The van der Waals surface area contributed by atoms with Crippen LogP contribution in [-0.2, 0) is 6.54 Å². The number of nitrogens with one attached hydrogen (secondary N) is 1. The van der Waals surface area contributed by atoms with Crippen molar-refractivity contribution in [3.05, 3.63) is 47.0 Å². The summed E-state index contributed by atoms with van der Waals surface area (Å²) in [6.45, 7) is 0.680. The quantitative estimate of drug-likeness (QED) is 0.903. The number of halogens is 1. The lowest BCUT2D eigenvalue weighted by atomic mass is 10.1. The van der Waals surface area contributed by atoms with Crippen LogP contribution in [0.1, 0.15) is 11.4 Å². The molecular formula is C12H11ClN4. The summed E-state index contributed by atoms with van der Waals surface area (Å²) in [5, 5.41) is 12.7. The highest BCUT2D eigenvalue weighted by Crippen LogP contribution is 2.25. The molecule has 0 bridgehead atoms. The highest BCUT2D eigenvalue weighted by atomic mass is 35.5. The zero-order valence-corrected chi connectivity index (χ0v) is 10.1. The minimum absolute atomic E-state index is 0.329. The van der Waals surface area contributed by atoms with Crippen molar-refractivity contribution in [1.29, 1.82) is 5.26 Å². The molecule has 0 fully saturated rings. The Morgan fingerprint density at radius 3 is 3.06 bits per heavy atom. The van der Waals surface area contributed by atoms with Gasteiger partial charge in [0.25, 0.3) is 0 Å². The Hall–Kier alpha value is -1.83. The summed E-state index contributed by atoms with van der Waals surface area (Å²) >= 11 is 6.20. The summed E-state index contributed by atoms with van der Waals surface area (Å²) in [7, 11) is 1.86. The Morgan fingerprint density at radius 2 is 2.35 bits per heavy atom. The Balaban J connectivity index is 2.62. The zero-order valence-electron chi connectivity index (χ0n) is 9.31. The second kappa shape index (κ2) is 5.00. The highest BCUT2D eigenvalue weighted by molar-refractivity contribution is 6.32. The molecule has 0 atom stereocenters. The lowest BCUT2D eigenvalue weighted by Gasteiger charge is -2.12. The molecule has 86 valence electrons. The molecule has 1 aromatic heterocycles. The Kier molecular flexibility index (Phi) is 3.43. The van der Waals surface area contributed by atoms with E-state index in [4.69, 9.17) is 16.9 Å². The van der Waals surface area contributed by atoms with Crippen molar-refractivity contribution in [3.63, 3.8) is 0 Å². The van der Waals surface area contributed by atoms with E-state index in [-0.39, 0.29) is 0 Å². The predicted molar refractivity (Wildman–Crippen MR) is 66.1 cm³/mol. The van der Waals surface area contributed by atoms with Crippen LogP contribution in [0.25, 0.3) is 5.69 Å². The minimum atomic E-state index is 0.329. The van der Waals surface area contributed by atoms with E-state index in [1.165, 1.54) is 0 Å². The van der Waals surface area contributed by atoms with Gasteiger partial charge in [0, 0.05) is 18.9 Å². The molecule has 0 saturated carbocycles. The number of nitriles is 1. The van der Waals surface area contributed by atoms with E-state index < -0.39 is 0 Å². The first-order valence-electron chi connectivity index (χ1n) is 5.13. The van der Waals surface area contributed by atoms with Gasteiger partial charge in [-0.2, -0.15) is 5.26 Å². The monoisotopic (exact) mass is 246 g/mol. The van der Waals surface area contributed by atoms with Gasteiger partial charge in [-0.15, -0.1) is 0 Å². The molecule has 1 N–H and O–H groups in total. The van der Waals surface area contributed by atoms with Crippen LogP contribution < -0.4 is 5.32 Å². The second-order valence-electron chi connectivity index (χ2n) is 3.51. The van der Waals surface area contributed by atoms with Crippen molar-refractivity contribution in [3.8, 4) is 11.8 Å². The molecule has 0 aliphatic heterocycles. The van der Waals surface area contributed by atoms with Crippen LogP contribution in [0.2, 0.25) is 5.02 Å². The van der Waals surface area contributed by atoms with Gasteiger partial charge >= 0.3 is 0 Å². The maximum atomic E-state index is 8.99. The van der Waals surface area contributed by atoms with Gasteiger partial charge in [-0.05, 0) is 18.7 Å². The third-order valence-corrected chi connectivity index (χ3v) is 2.72. The van der Waals surface area contributed by atoms with Gasteiger partial charge in [-0.25, -0.2) is 4.98 Å². The van der Waals surface area contributed by atoms with Crippen molar-refractivity contribution < 1.29 is 0 Å². The maximum absolute atomic E-state index is 8.99. The number of benzene rings is 1. The molecule has 17 heavy (non-hydrogen) atoms. The summed E-state index contributed by atoms with van der Waals surface area (Å²) in [5.41, 5.74) is 1.83. The summed E-state index contributed by atoms with van der Waals surface area (Å²) in [6, 6.07) is 7.71. The second-order valence-corrected chi connectivity index (χ2v) is 3.92. The fourth-order valence-corrected chi connectivity index (χ4v) is 2.01. The van der Waals surface area contributed by atoms with E-state index >= 15 is 0 Å². The molecule has 0 spiro atoms. The van der Waals surface area contributed by atoms with Crippen LogP contribution in [0.5, 0.6) is 0 Å². The molecule has 2 aromatic rings. The van der Waals surface area contributed by atoms with Gasteiger partial charge in [-0.1, -0.05) is 23.7 Å². The molecule has 0 saturated heterocycles. The number of hydrogen-bond acceptors (Lipinski definition) is 3. The van der Waals surface area contributed by atoms with E-state index in [0.29, 0.717) is 17.4 Å². The molecule has 1 aromatic carbocycles. The Morgan fingerprint density at radius 1 is 1.53 bits per heavy atom. The molecule has 4 nitrogen and oxygen atoms in total. The summed E-state index contributed by atoms with van der Waals surface area (Å²) in [5.74, 6) is 0.329. The number of nitrogens with zero attached hydrogens (tertiary/aromatic N) is 3. The molecule has 0 radical (unpaired) electrons. The van der Waals surface area contributed by atoms with Gasteiger partial charge in [0.15, 0.2) is 0 Å².